The van der Waals surface area contributed by atoms with Crippen molar-refractivity contribution in [1.29, 1.82) is 0 Å². The molecule has 3 rings (SSSR count). The summed E-state index contributed by atoms with van der Waals surface area (Å²) in [4.78, 5) is 13.4. The Balaban J connectivity index is 1.63. The van der Waals surface area contributed by atoms with Gasteiger partial charge in [0.15, 0.2) is 0 Å². The first-order chi connectivity index (χ1) is 9.97. The number of carbonyl (C=O) groups excluding carboxylic acids is 1. The van der Waals surface area contributed by atoms with Crippen LogP contribution in [0.2, 0.25) is 0 Å². The molecule has 1 amide bonds. The normalized spacial score (nSPS) is 22.1. The molecule has 0 spiro atoms. The predicted octanol–water partition coefficient (Wildman–Crippen LogP) is 0.258. The second kappa shape index (κ2) is 5.42. The second-order valence-corrected chi connectivity index (χ2v) is 7.79. The number of hydrogen-bond donors (Lipinski definition) is 1. The van der Waals surface area contributed by atoms with Crippen LogP contribution in [-0.4, -0.2) is 47.3 Å². The van der Waals surface area contributed by atoms with Gasteiger partial charge < -0.3 is 4.90 Å². The van der Waals surface area contributed by atoms with Crippen LogP contribution in [-0.2, 0) is 21.4 Å². The minimum Gasteiger partial charge on any atom is -0.335 e. The number of nitrogens with one attached hydrogen (secondary N) is 1. The highest BCUT2D eigenvalue weighted by molar-refractivity contribution is 7.90. The van der Waals surface area contributed by atoms with Crippen LogP contribution in [0, 0.1) is 0 Å². The van der Waals surface area contributed by atoms with Crippen molar-refractivity contribution in [3.05, 3.63) is 18.0 Å². The van der Waals surface area contributed by atoms with Crippen molar-refractivity contribution in [2.75, 3.05) is 13.1 Å². The molecule has 0 bridgehead atoms. The molecule has 1 fully saturated rings. The van der Waals surface area contributed by atoms with Gasteiger partial charge in [0.25, 0.3) is 0 Å². The van der Waals surface area contributed by atoms with Crippen molar-refractivity contribution < 1.29 is 13.2 Å². The molecular weight excluding hydrogens is 292 g/mol. The number of fused-ring (bicyclic) bond motifs is 1. The average Bonchev–Trinajstić information content (AvgIpc) is 3.18. The molecule has 0 unspecified atom stereocenters. The maximum absolute atomic E-state index is 11.8. The van der Waals surface area contributed by atoms with E-state index in [0.717, 1.165) is 18.5 Å². The Hall–Kier alpha value is -1.41. The fourth-order valence-corrected chi connectivity index (χ4v) is 4.10. The first-order valence-corrected chi connectivity index (χ1v) is 8.78. The van der Waals surface area contributed by atoms with Crippen LogP contribution in [0.15, 0.2) is 12.3 Å². The van der Waals surface area contributed by atoms with Crippen molar-refractivity contribution in [1.82, 2.24) is 19.4 Å². The molecule has 1 aliphatic heterocycles. The van der Waals surface area contributed by atoms with Gasteiger partial charge in [-0.3, -0.25) is 9.48 Å². The highest BCUT2D eigenvalue weighted by Crippen LogP contribution is 2.28. The third kappa shape index (κ3) is 3.11. The van der Waals surface area contributed by atoms with Crippen molar-refractivity contribution >= 4 is 15.9 Å². The molecule has 1 atom stereocenters. The molecule has 1 aliphatic carbocycles. The molecule has 0 saturated heterocycles. The fourth-order valence-electron chi connectivity index (χ4n) is 2.70. The first-order valence-electron chi connectivity index (χ1n) is 7.24. The average molecular weight is 312 g/mol. The zero-order valence-corrected chi connectivity index (χ0v) is 12.8. The van der Waals surface area contributed by atoms with E-state index < -0.39 is 10.0 Å². The van der Waals surface area contributed by atoms with Crippen LogP contribution in [0.25, 0.3) is 0 Å². The largest absolute Gasteiger partial charge is 0.335 e. The molecule has 0 radical (unpaired) electrons. The maximum atomic E-state index is 11.8. The van der Waals surface area contributed by atoms with Crippen molar-refractivity contribution in [3.8, 4) is 0 Å². The number of amides is 1. The van der Waals surface area contributed by atoms with Gasteiger partial charge in [0.05, 0.1) is 23.5 Å². The minimum absolute atomic E-state index is 0.0227. The monoisotopic (exact) mass is 312 g/mol. The predicted molar refractivity (Wildman–Crippen MR) is 76.9 cm³/mol. The number of sulfonamides is 1. The van der Waals surface area contributed by atoms with E-state index in [-0.39, 0.29) is 17.2 Å². The van der Waals surface area contributed by atoms with Crippen LogP contribution in [0.4, 0.5) is 0 Å². The minimum atomic E-state index is -3.14. The van der Waals surface area contributed by atoms with Crippen LogP contribution in [0.5, 0.6) is 0 Å². The highest BCUT2D eigenvalue weighted by Gasteiger charge is 2.35. The van der Waals surface area contributed by atoms with E-state index in [2.05, 4.69) is 9.82 Å². The van der Waals surface area contributed by atoms with E-state index in [1.54, 1.807) is 18.0 Å². The summed E-state index contributed by atoms with van der Waals surface area (Å²) >= 11 is 0. The molecule has 1 aromatic heterocycles. The number of hydrogen-bond acceptors (Lipinski definition) is 4. The summed E-state index contributed by atoms with van der Waals surface area (Å²) < 4.78 is 28.2. The summed E-state index contributed by atoms with van der Waals surface area (Å²) in [5.41, 5.74) is 0.992. The summed E-state index contributed by atoms with van der Waals surface area (Å²) in [6.45, 7) is 3.09. The Morgan fingerprint density at radius 1 is 1.48 bits per heavy atom. The lowest BCUT2D eigenvalue weighted by Crippen LogP contribution is -2.41. The zero-order chi connectivity index (χ0) is 15.0. The Labute approximate surface area is 124 Å². The van der Waals surface area contributed by atoms with E-state index in [0.29, 0.717) is 26.1 Å². The maximum Gasteiger partial charge on any atom is 0.219 e. The molecule has 1 aromatic rings. The van der Waals surface area contributed by atoms with Crippen molar-refractivity contribution in [2.45, 2.75) is 44.0 Å². The van der Waals surface area contributed by atoms with Gasteiger partial charge in [-0.25, -0.2) is 13.1 Å². The molecule has 116 valence electrons. The van der Waals surface area contributed by atoms with E-state index in [4.69, 9.17) is 0 Å². The van der Waals surface area contributed by atoms with Gasteiger partial charge in [-0.1, -0.05) is 0 Å². The standard InChI is InChI=1S/C13H20N4O3S/c1-10(18)16-8-11-4-6-14-17(11)12(9-16)5-7-15-21(19,20)13-2-3-13/h4,6,12-13,15H,2-3,5,7-9H2,1H3/t12-/m1/s1. The number of nitrogens with zero attached hydrogens (tertiary/aromatic N) is 3. The fraction of sp³-hybridized carbons (Fsp3) is 0.692. The summed E-state index contributed by atoms with van der Waals surface area (Å²) in [5.74, 6) is 0.0333. The van der Waals surface area contributed by atoms with Crippen LogP contribution < -0.4 is 4.72 Å². The summed E-state index contributed by atoms with van der Waals surface area (Å²) in [7, 11) is -3.14. The number of aromatic nitrogens is 2. The first kappa shape index (κ1) is 14.5. The molecule has 1 N–H and O–H groups in total. The molecule has 8 heteroatoms. The lowest BCUT2D eigenvalue weighted by molar-refractivity contribution is -0.130. The van der Waals surface area contributed by atoms with E-state index in [1.807, 2.05) is 10.7 Å². The Morgan fingerprint density at radius 2 is 2.24 bits per heavy atom. The SMILES string of the molecule is CC(=O)N1Cc2ccnn2[C@H](CCNS(=O)(=O)C2CC2)C1. The summed E-state index contributed by atoms with van der Waals surface area (Å²) in [6, 6.07) is 1.92. The lowest BCUT2D eigenvalue weighted by atomic mass is 10.1. The molecular formula is C13H20N4O3S. The number of rotatable bonds is 5. The van der Waals surface area contributed by atoms with Crippen molar-refractivity contribution in [2.24, 2.45) is 0 Å². The van der Waals surface area contributed by atoms with Gasteiger partial charge in [0.2, 0.25) is 15.9 Å². The molecule has 21 heavy (non-hydrogen) atoms. The van der Waals surface area contributed by atoms with Gasteiger partial charge in [-0.15, -0.1) is 0 Å². The summed E-state index contributed by atoms with van der Waals surface area (Å²) in [5, 5.41) is 4.10. The quantitative estimate of drug-likeness (QED) is 0.845. The Bertz CT molecular complexity index is 636. The number of carbonyl (C=O) groups is 1. The van der Waals surface area contributed by atoms with Crippen LogP contribution in [0.1, 0.15) is 37.9 Å². The van der Waals surface area contributed by atoms with Gasteiger partial charge in [-0.05, 0) is 25.3 Å². The second-order valence-electron chi connectivity index (χ2n) is 5.75. The van der Waals surface area contributed by atoms with Crippen molar-refractivity contribution in [3.63, 3.8) is 0 Å². The summed E-state index contributed by atoms with van der Waals surface area (Å²) in [6.07, 6.45) is 3.88. The Morgan fingerprint density at radius 3 is 2.90 bits per heavy atom. The van der Waals surface area contributed by atoms with Crippen LogP contribution in [0.3, 0.4) is 0 Å². The van der Waals surface area contributed by atoms with E-state index in [9.17, 15) is 13.2 Å². The third-order valence-electron chi connectivity index (χ3n) is 4.07. The van der Waals surface area contributed by atoms with Crippen LogP contribution >= 0.6 is 0 Å². The van der Waals surface area contributed by atoms with E-state index >= 15 is 0 Å². The molecule has 7 nitrogen and oxygen atoms in total. The molecule has 2 aliphatic rings. The zero-order valence-electron chi connectivity index (χ0n) is 12.0. The molecule has 2 heterocycles. The Kier molecular flexibility index (Phi) is 3.75. The van der Waals surface area contributed by atoms with E-state index in [1.165, 1.54) is 0 Å². The smallest absolute Gasteiger partial charge is 0.219 e. The van der Waals surface area contributed by atoms with Gasteiger partial charge >= 0.3 is 0 Å². The molecule has 1 saturated carbocycles. The molecule has 0 aromatic carbocycles. The lowest BCUT2D eigenvalue weighted by Gasteiger charge is -2.33. The van der Waals surface area contributed by atoms with Gasteiger partial charge in [-0.2, -0.15) is 5.10 Å². The van der Waals surface area contributed by atoms with Gasteiger partial charge in [0.1, 0.15) is 0 Å². The third-order valence-corrected chi connectivity index (χ3v) is 6.03. The highest BCUT2D eigenvalue weighted by atomic mass is 32.2. The van der Waals surface area contributed by atoms with Gasteiger partial charge in [0, 0.05) is 26.2 Å². The topological polar surface area (TPSA) is 84.3 Å².